The van der Waals surface area contributed by atoms with E-state index in [0.717, 1.165) is 41.5 Å². The molecule has 0 fully saturated rings. The number of carbonyl (C=O) groups is 2. The molecule has 252 valence electrons. The van der Waals surface area contributed by atoms with Crippen molar-refractivity contribution in [1.82, 2.24) is 10.6 Å². The van der Waals surface area contributed by atoms with Crippen LogP contribution in [0.15, 0.2) is 47.3 Å². The molecule has 0 aromatic heterocycles. The third-order valence-corrected chi connectivity index (χ3v) is 8.25. The fourth-order valence-corrected chi connectivity index (χ4v) is 5.94. The van der Waals surface area contributed by atoms with Crippen molar-refractivity contribution in [1.29, 1.82) is 0 Å². The van der Waals surface area contributed by atoms with E-state index in [1.54, 1.807) is 47.7 Å². The van der Waals surface area contributed by atoms with Crippen LogP contribution in [-0.4, -0.2) is 53.9 Å². The van der Waals surface area contributed by atoms with Crippen LogP contribution in [0.3, 0.4) is 0 Å². The summed E-state index contributed by atoms with van der Waals surface area (Å²) in [6.45, 7) is 2.44. The number of anilines is 1. The number of nitrogens with one attached hydrogen (secondary N) is 3. The molecular formula is C36H45N3O8. The summed E-state index contributed by atoms with van der Waals surface area (Å²) in [5.41, 5.74) is 4.45. The number of aryl methyl sites for hydroxylation is 1. The summed E-state index contributed by atoms with van der Waals surface area (Å²) in [7, 11) is 7.87. The number of rotatable bonds is 15. The molecule has 11 heteroatoms. The van der Waals surface area contributed by atoms with E-state index < -0.39 is 0 Å². The van der Waals surface area contributed by atoms with Gasteiger partial charge in [-0.1, -0.05) is 18.6 Å². The number of hydrogen-bond donors (Lipinski definition) is 3. The maximum absolute atomic E-state index is 13.5. The molecule has 0 radical (unpaired) electrons. The Kier molecular flexibility index (Phi) is 12.3. The number of methoxy groups -OCH3 is 5. The molecule has 4 rings (SSSR count). The molecule has 0 aliphatic heterocycles. The SMILES string of the molecule is COc1ccc(CNC(=O)CCCCCNc2ccc3c(cc2=O)[C@H](NC(C)=O)CCc2cc(OC)c(OC)c(OC)c2-3)cc1OC. The number of unbranched alkanes of at least 4 members (excludes halogenated alkanes) is 2. The van der Waals surface area contributed by atoms with E-state index in [2.05, 4.69) is 16.0 Å². The van der Waals surface area contributed by atoms with Gasteiger partial charge in [0.15, 0.2) is 23.0 Å². The van der Waals surface area contributed by atoms with Gasteiger partial charge >= 0.3 is 0 Å². The van der Waals surface area contributed by atoms with Crippen LogP contribution in [0.2, 0.25) is 0 Å². The molecule has 1 atom stereocenters. The third kappa shape index (κ3) is 8.46. The van der Waals surface area contributed by atoms with Gasteiger partial charge in [0.25, 0.3) is 0 Å². The second kappa shape index (κ2) is 16.6. The predicted octanol–water partition coefficient (Wildman–Crippen LogP) is 5.17. The molecular weight excluding hydrogens is 602 g/mol. The normalized spacial score (nSPS) is 13.3. The highest BCUT2D eigenvalue weighted by atomic mass is 16.5. The number of carbonyl (C=O) groups excluding carboxylic acids is 2. The Morgan fingerprint density at radius 3 is 2.23 bits per heavy atom. The van der Waals surface area contributed by atoms with Crippen LogP contribution < -0.4 is 45.1 Å². The number of ether oxygens (including phenoxy) is 5. The lowest BCUT2D eigenvalue weighted by molar-refractivity contribution is -0.121. The van der Waals surface area contributed by atoms with Crippen LogP contribution in [-0.2, 0) is 22.6 Å². The Labute approximate surface area is 275 Å². The molecule has 0 saturated carbocycles. The molecule has 0 spiro atoms. The zero-order chi connectivity index (χ0) is 33.9. The molecule has 2 amide bonds. The van der Waals surface area contributed by atoms with Gasteiger partial charge < -0.3 is 39.6 Å². The predicted molar refractivity (Wildman–Crippen MR) is 181 cm³/mol. The summed E-state index contributed by atoms with van der Waals surface area (Å²) in [5, 5.41) is 9.25. The number of hydrogen-bond acceptors (Lipinski definition) is 9. The molecule has 0 bridgehead atoms. The highest BCUT2D eigenvalue weighted by molar-refractivity contribution is 5.83. The monoisotopic (exact) mass is 647 g/mol. The summed E-state index contributed by atoms with van der Waals surface area (Å²) in [6.07, 6.45) is 3.95. The van der Waals surface area contributed by atoms with Crippen molar-refractivity contribution in [3.8, 4) is 39.9 Å². The Morgan fingerprint density at radius 1 is 0.809 bits per heavy atom. The Bertz CT molecular complexity index is 1640. The van der Waals surface area contributed by atoms with Crippen molar-refractivity contribution in [3.63, 3.8) is 0 Å². The van der Waals surface area contributed by atoms with Gasteiger partial charge in [-0.05, 0) is 78.3 Å². The fourth-order valence-electron chi connectivity index (χ4n) is 5.94. The average molecular weight is 648 g/mol. The van der Waals surface area contributed by atoms with E-state index in [1.807, 2.05) is 30.3 Å². The van der Waals surface area contributed by atoms with Crippen molar-refractivity contribution < 1.29 is 33.3 Å². The van der Waals surface area contributed by atoms with E-state index in [-0.39, 0.29) is 23.3 Å². The highest BCUT2D eigenvalue weighted by Gasteiger charge is 2.29. The van der Waals surface area contributed by atoms with Gasteiger partial charge in [-0.3, -0.25) is 14.4 Å². The first-order chi connectivity index (χ1) is 22.7. The Morgan fingerprint density at radius 2 is 1.55 bits per heavy atom. The first-order valence-electron chi connectivity index (χ1n) is 15.7. The molecule has 3 aromatic rings. The van der Waals surface area contributed by atoms with Crippen LogP contribution in [0.5, 0.6) is 28.7 Å². The minimum absolute atomic E-state index is 0.0233. The number of benzene rings is 2. The minimum Gasteiger partial charge on any atom is -0.493 e. The van der Waals surface area contributed by atoms with Crippen molar-refractivity contribution in [2.45, 2.75) is 58.0 Å². The standard InChI is InChI=1S/C36H45N3O8/c1-22(40)39-27-14-12-24-19-32(45-4)35(46-5)36(47-6)34(24)25-13-15-28(29(41)20-26(25)27)37-17-9-7-8-10-33(42)38-21-23-11-16-30(43-2)31(18-23)44-3/h11,13,15-16,18-20,27H,7-10,12,14,17,21H2,1-6H3,(H,37,41)(H,38,42)(H,39,40)/t27-/m1/s1. The van der Waals surface area contributed by atoms with Gasteiger partial charge in [0.1, 0.15) is 0 Å². The molecule has 47 heavy (non-hydrogen) atoms. The zero-order valence-electron chi connectivity index (χ0n) is 28.0. The third-order valence-electron chi connectivity index (χ3n) is 8.25. The summed E-state index contributed by atoms with van der Waals surface area (Å²) in [6, 6.07) is 12.4. The van der Waals surface area contributed by atoms with Crippen LogP contribution >= 0.6 is 0 Å². The van der Waals surface area contributed by atoms with Crippen LogP contribution in [0.4, 0.5) is 5.69 Å². The Hall–Kier alpha value is -4.93. The van der Waals surface area contributed by atoms with Crippen molar-refractivity contribution in [2.24, 2.45) is 0 Å². The topological polar surface area (TPSA) is 133 Å². The fraction of sp³-hybridized carbons (Fsp3) is 0.417. The van der Waals surface area contributed by atoms with Gasteiger partial charge in [0.05, 0.1) is 47.3 Å². The summed E-state index contributed by atoms with van der Waals surface area (Å²) in [4.78, 5) is 38.1. The van der Waals surface area contributed by atoms with Gasteiger partial charge in [-0.2, -0.15) is 0 Å². The highest BCUT2D eigenvalue weighted by Crippen LogP contribution is 2.50. The van der Waals surface area contributed by atoms with Gasteiger partial charge in [0.2, 0.25) is 23.0 Å². The van der Waals surface area contributed by atoms with Crippen LogP contribution in [0.25, 0.3) is 11.1 Å². The Balaban J connectivity index is 1.42. The summed E-state index contributed by atoms with van der Waals surface area (Å²) < 4.78 is 27.7. The minimum atomic E-state index is -0.373. The van der Waals surface area contributed by atoms with Crippen LogP contribution in [0.1, 0.15) is 61.8 Å². The van der Waals surface area contributed by atoms with E-state index >= 15 is 0 Å². The molecule has 3 N–H and O–H groups in total. The smallest absolute Gasteiger partial charge is 0.220 e. The van der Waals surface area contributed by atoms with Crippen molar-refractivity contribution in [3.05, 3.63) is 69.4 Å². The molecule has 0 saturated heterocycles. The molecule has 1 aliphatic rings. The number of amides is 2. The first-order valence-corrected chi connectivity index (χ1v) is 15.7. The lowest BCUT2D eigenvalue weighted by atomic mass is 9.95. The molecule has 11 nitrogen and oxygen atoms in total. The van der Waals surface area contributed by atoms with Gasteiger partial charge in [0, 0.05) is 32.0 Å². The zero-order valence-corrected chi connectivity index (χ0v) is 28.0. The largest absolute Gasteiger partial charge is 0.493 e. The summed E-state index contributed by atoms with van der Waals surface area (Å²) in [5.74, 6) is 2.57. The first kappa shape index (κ1) is 34.9. The lowest BCUT2D eigenvalue weighted by Gasteiger charge is -2.19. The van der Waals surface area contributed by atoms with Gasteiger partial charge in [-0.15, -0.1) is 0 Å². The maximum atomic E-state index is 13.5. The quantitative estimate of drug-likeness (QED) is 0.191. The molecule has 0 heterocycles. The van der Waals surface area contributed by atoms with E-state index in [9.17, 15) is 14.4 Å². The molecule has 0 unspecified atom stereocenters. The summed E-state index contributed by atoms with van der Waals surface area (Å²) >= 11 is 0. The average Bonchev–Trinajstić information content (AvgIpc) is 3.32. The number of fused-ring (bicyclic) bond motifs is 3. The van der Waals surface area contributed by atoms with Crippen molar-refractivity contribution >= 4 is 17.5 Å². The second-order valence-corrected chi connectivity index (χ2v) is 11.3. The maximum Gasteiger partial charge on any atom is 0.220 e. The van der Waals surface area contributed by atoms with Crippen molar-refractivity contribution in [2.75, 3.05) is 47.4 Å². The lowest BCUT2D eigenvalue weighted by Crippen LogP contribution is -2.26. The van der Waals surface area contributed by atoms with Crippen LogP contribution in [0, 0.1) is 0 Å². The second-order valence-electron chi connectivity index (χ2n) is 11.3. The van der Waals surface area contributed by atoms with Gasteiger partial charge in [-0.25, -0.2) is 0 Å². The van der Waals surface area contributed by atoms with E-state index in [0.29, 0.717) is 72.4 Å². The van der Waals surface area contributed by atoms with E-state index in [1.165, 1.54) is 6.92 Å². The van der Waals surface area contributed by atoms with E-state index in [4.69, 9.17) is 23.7 Å². The molecule has 1 aliphatic carbocycles. The molecule has 3 aromatic carbocycles.